The highest BCUT2D eigenvalue weighted by Gasteiger charge is 2.44. The van der Waals surface area contributed by atoms with Crippen molar-refractivity contribution < 1.29 is 24.9 Å². The van der Waals surface area contributed by atoms with Gasteiger partial charge in [0.05, 0.1) is 6.10 Å². The summed E-state index contributed by atoms with van der Waals surface area (Å²) in [7, 11) is 0. The number of halogens is 1. The molecular weight excluding hydrogens is 412 g/mol. The number of carboxylic acids is 1. The van der Waals surface area contributed by atoms with Crippen LogP contribution in [0, 0.1) is 11.8 Å². The van der Waals surface area contributed by atoms with E-state index in [0.717, 1.165) is 32.1 Å². The Hall–Kier alpha value is -1.21. The fraction of sp³-hybridized carbons (Fsp3) is 0.591. The monoisotopic (exact) mass is 440 g/mol. The zero-order chi connectivity index (χ0) is 20.8. The van der Waals surface area contributed by atoms with Crippen LogP contribution in [0.3, 0.4) is 0 Å². The molecule has 0 radical (unpaired) electrons. The van der Waals surface area contributed by atoms with Gasteiger partial charge in [0.25, 0.3) is 0 Å². The van der Waals surface area contributed by atoms with Crippen LogP contribution >= 0.6 is 23.4 Å². The number of aliphatic hydroxyl groups is 2. The average molecular weight is 441 g/mol. The Morgan fingerprint density at radius 3 is 2.97 bits per heavy atom. The molecule has 1 saturated carbocycles. The number of benzene rings is 1. The van der Waals surface area contributed by atoms with Crippen LogP contribution < -0.4 is 4.74 Å². The molecular formula is C22H29ClO5S. The third-order valence-electron chi connectivity index (χ3n) is 5.77. The molecule has 0 amide bonds. The van der Waals surface area contributed by atoms with Gasteiger partial charge in [0, 0.05) is 27.9 Å². The minimum Gasteiger partial charge on any atom is -0.491 e. The fourth-order valence-electron chi connectivity index (χ4n) is 4.35. The first-order valence-corrected chi connectivity index (χ1v) is 11.5. The second kappa shape index (κ2) is 10.7. The van der Waals surface area contributed by atoms with Crippen molar-refractivity contribution in [2.24, 2.45) is 11.8 Å². The Labute approximate surface area is 181 Å². The molecule has 1 aromatic rings. The lowest BCUT2D eigenvalue weighted by molar-refractivity contribution is -0.137. The van der Waals surface area contributed by atoms with Gasteiger partial charge in [-0.15, -0.1) is 0 Å². The quantitative estimate of drug-likeness (QED) is 0.500. The van der Waals surface area contributed by atoms with Gasteiger partial charge >= 0.3 is 5.97 Å². The van der Waals surface area contributed by atoms with Gasteiger partial charge in [0.1, 0.15) is 18.5 Å². The molecule has 2 fully saturated rings. The largest absolute Gasteiger partial charge is 0.491 e. The number of carbonyl (C=O) groups is 1. The predicted molar refractivity (Wildman–Crippen MR) is 116 cm³/mol. The molecule has 1 aliphatic carbocycles. The maximum Gasteiger partial charge on any atom is 0.303 e. The molecule has 2 aliphatic rings. The van der Waals surface area contributed by atoms with E-state index in [4.69, 9.17) is 21.4 Å². The van der Waals surface area contributed by atoms with Crippen molar-refractivity contribution in [3.8, 4) is 5.75 Å². The van der Waals surface area contributed by atoms with Crippen LogP contribution in [-0.4, -0.2) is 50.6 Å². The number of hydrogen-bond acceptors (Lipinski definition) is 5. The molecule has 160 valence electrons. The van der Waals surface area contributed by atoms with Crippen molar-refractivity contribution in [1.29, 1.82) is 0 Å². The molecule has 7 heteroatoms. The van der Waals surface area contributed by atoms with E-state index in [9.17, 15) is 15.0 Å². The highest BCUT2D eigenvalue weighted by Crippen LogP contribution is 2.49. The summed E-state index contributed by atoms with van der Waals surface area (Å²) in [6.45, 7) is 0.133. The molecule has 6 atom stereocenters. The van der Waals surface area contributed by atoms with Gasteiger partial charge in [-0.25, -0.2) is 0 Å². The van der Waals surface area contributed by atoms with Gasteiger partial charge in [-0.3, -0.25) is 4.79 Å². The highest BCUT2D eigenvalue weighted by atomic mass is 35.5. The van der Waals surface area contributed by atoms with E-state index in [0.29, 0.717) is 27.2 Å². The Bertz CT molecular complexity index is 712. The lowest BCUT2D eigenvalue weighted by Crippen LogP contribution is -2.27. The number of aliphatic carboxylic acids is 1. The first-order chi connectivity index (χ1) is 13.9. The van der Waals surface area contributed by atoms with E-state index < -0.39 is 18.2 Å². The summed E-state index contributed by atoms with van der Waals surface area (Å²) in [5.74, 6) is 0.336. The highest BCUT2D eigenvalue weighted by molar-refractivity contribution is 8.00. The van der Waals surface area contributed by atoms with Gasteiger partial charge in [0.15, 0.2) is 0 Å². The van der Waals surface area contributed by atoms with Crippen LogP contribution in [0.15, 0.2) is 36.4 Å². The smallest absolute Gasteiger partial charge is 0.303 e. The number of carboxylic acid groups (broad SMARTS) is 1. The van der Waals surface area contributed by atoms with Gasteiger partial charge in [-0.2, -0.15) is 11.8 Å². The topological polar surface area (TPSA) is 87.0 Å². The van der Waals surface area contributed by atoms with Crippen molar-refractivity contribution in [2.45, 2.75) is 61.2 Å². The zero-order valence-electron chi connectivity index (χ0n) is 16.3. The molecule has 5 nitrogen and oxygen atoms in total. The molecule has 1 aliphatic heterocycles. The number of rotatable bonds is 9. The van der Waals surface area contributed by atoms with Crippen LogP contribution in [0.1, 0.15) is 38.5 Å². The summed E-state index contributed by atoms with van der Waals surface area (Å²) in [4.78, 5) is 10.7. The molecule has 0 spiro atoms. The Morgan fingerprint density at radius 2 is 2.21 bits per heavy atom. The molecule has 1 saturated heterocycles. The fourth-order valence-corrected chi connectivity index (χ4v) is 6.42. The van der Waals surface area contributed by atoms with E-state index in [1.807, 2.05) is 17.8 Å². The van der Waals surface area contributed by atoms with E-state index in [1.165, 1.54) is 0 Å². The normalized spacial score (nSPS) is 30.2. The zero-order valence-corrected chi connectivity index (χ0v) is 17.9. The van der Waals surface area contributed by atoms with Crippen LogP contribution in [0.2, 0.25) is 5.02 Å². The first kappa shape index (κ1) is 22.5. The average Bonchev–Trinajstić information content (AvgIpc) is 2.99. The number of fused-ring (bicyclic) bond motifs is 1. The van der Waals surface area contributed by atoms with E-state index in [-0.39, 0.29) is 18.9 Å². The van der Waals surface area contributed by atoms with Crippen molar-refractivity contribution in [3.63, 3.8) is 0 Å². The molecule has 1 heterocycles. The third kappa shape index (κ3) is 6.64. The number of aliphatic hydroxyl groups excluding tert-OH is 2. The summed E-state index contributed by atoms with van der Waals surface area (Å²) in [6.07, 6.45) is 7.26. The molecule has 3 rings (SSSR count). The van der Waals surface area contributed by atoms with E-state index >= 15 is 0 Å². The summed E-state index contributed by atoms with van der Waals surface area (Å²) in [6, 6.07) is 7.06. The minimum atomic E-state index is -0.750. The molecule has 1 aromatic carbocycles. The Kier molecular flexibility index (Phi) is 8.30. The van der Waals surface area contributed by atoms with Crippen LogP contribution in [0.25, 0.3) is 0 Å². The van der Waals surface area contributed by atoms with Crippen molar-refractivity contribution >= 4 is 29.3 Å². The molecule has 29 heavy (non-hydrogen) atoms. The first-order valence-electron chi connectivity index (χ1n) is 10.2. The Morgan fingerprint density at radius 1 is 1.38 bits per heavy atom. The number of thioether (sulfide) groups is 1. The number of hydrogen-bond donors (Lipinski definition) is 3. The second-order valence-electron chi connectivity index (χ2n) is 7.92. The van der Waals surface area contributed by atoms with E-state index in [2.05, 4.69) is 0 Å². The number of ether oxygens (including phenoxy) is 1. The maximum absolute atomic E-state index is 10.7. The predicted octanol–water partition coefficient (Wildman–Crippen LogP) is 4.15. The second-order valence-corrected chi connectivity index (χ2v) is 9.91. The van der Waals surface area contributed by atoms with Crippen molar-refractivity contribution in [1.82, 2.24) is 0 Å². The minimum absolute atomic E-state index is 0.0493. The summed E-state index contributed by atoms with van der Waals surface area (Å²) in [5.41, 5.74) is 0. The molecule has 0 aromatic heterocycles. The third-order valence-corrected chi connectivity index (χ3v) is 7.75. The van der Waals surface area contributed by atoms with Gasteiger partial charge in [-0.1, -0.05) is 29.8 Å². The van der Waals surface area contributed by atoms with Gasteiger partial charge in [-0.05, 0) is 56.2 Å². The maximum atomic E-state index is 10.7. The van der Waals surface area contributed by atoms with E-state index in [1.54, 1.807) is 30.3 Å². The summed E-state index contributed by atoms with van der Waals surface area (Å²) >= 11 is 7.85. The molecule has 3 N–H and O–H groups in total. The van der Waals surface area contributed by atoms with Crippen LogP contribution in [0.4, 0.5) is 0 Å². The summed E-state index contributed by atoms with van der Waals surface area (Å²) < 4.78 is 5.57. The lowest BCUT2D eigenvalue weighted by atomic mass is 9.88. The Balaban J connectivity index is 1.46. The molecule has 0 bridgehead atoms. The van der Waals surface area contributed by atoms with Gasteiger partial charge in [0.2, 0.25) is 0 Å². The standard InChI is InChI=1S/C22H29ClO5S/c23-14-3-1-4-16(11-14)28-13-15(24)7-9-18-19-10-8-17(5-2-6-22(26)27)29-21(19)12-20(18)25/h1,3-4,7,9,11,15,17-21,24-25H,2,5-6,8,10,12-13H2,(H,26,27)/b9-7+/t15-,17+,18-,19-,20-,21+/m1/s1. The molecule has 0 unspecified atom stereocenters. The van der Waals surface area contributed by atoms with Crippen molar-refractivity contribution in [3.05, 3.63) is 41.4 Å². The lowest BCUT2D eigenvalue weighted by Gasteiger charge is -2.33. The van der Waals surface area contributed by atoms with Crippen molar-refractivity contribution in [2.75, 3.05) is 6.61 Å². The van der Waals surface area contributed by atoms with Crippen LogP contribution in [0.5, 0.6) is 5.75 Å². The SMILES string of the molecule is O=C(O)CCC[C@H]1CC[C@@H]2[C@@H](/C=C/[C@@H](O)COc3cccc(Cl)c3)[C@H](O)C[C@@H]2S1. The van der Waals surface area contributed by atoms with Crippen LogP contribution in [-0.2, 0) is 4.79 Å². The summed E-state index contributed by atoms with van der Waals surface area (Å²) in [5, 5.41) is 31.0. The van der Waals surface area contributed by atoms with Gasteiger partial charge < -0.3 is 20.1 Å².